The summed E-state index contributed by atoms with van der Waals surface area (Å²) in [5, 5.41) is 3.27. The smallest absolute Gasteiger partial charge is 0.00204 e. The molecule has 0 saturated heterocycles. The van der Waals surface area contributed by atoms with Crippen molar-refractivity contribution >= 4 is 0 Å². The topological polar surface area (TPSA) is 12.0 Å². The molecule has 1 aromatic carbocycles. The molecule has 0 amide bonds. The van der Waals surface area contributed by atoms with E-state index in [2.05, 4.69) is 44.3 Å². The average molecular weight is 205 g/mol. The fourth-order valence-corrected chi connectivity index (χ4v) is 2.17. The molecule has 0 spiro atoms. The average Bonchev–Trinajstić information content (AvgIpc) is 2.15. The summed E-state index contributed by atoms with van der Waals surface area (Å²) < 4.78 is 0. The predicted molar refractivity (Wildman–Crippen MR) is 67.3 cm³/mol. The van der Waals surface area contributed by atoms with Crippen LogP contribution in [0.5, 0.6) is 0 Å². The van der Waals surface area contributed by atoms with Gasteiger partial charge in [-0.05, 0) is 45.3 Å². The zero-order valence-corrected chi connectivity index (χ0v) is 10.4. The largest absolute Gasteiger partial charge is 0.319 e. The van der Waals surface area contributed by atoms with Crippen LogP contribution in [-0.2, 0) is 6.42 Å². The molecular weight excluding hydrogens is 182 g/mol. The van der Waals surface area contributed by atoms with Crippen molar-refractivity contribution in [3.05, 3.63) is 34.9 Å². The third-order valence-corrected chi connectivity index (χ3v) is 2.88. The molecule has 0 aliphatic rings. The van der Waals surface area contributed by atoms with Gasteiger partial charge in [-0.2, -0.15) is 0 Å². The second-order valence-electron chi connectivity index (χ2n) is 4.53. The van der Waals surface area contributed by atoms with E-state index >= 15 is 0 Å². The molecule has 0 aliphatic carbocycles. The minimum absolute atomic E-state index is 0.760. The highest BCUT2D eigenvalue weighted by Crippen LogP contribution is 2.15. The minimum Gasteiger partial charge on any atom is -0.319 e. The maximum absolute atomic E-state index is 3.27. The van der Waals surface area contributed by atoms with Crippen LogP contribution in [0.4, 0.5) is 0 Å². The molecule has 0 saturated carbocycles. The molecule has 0 fully saturated rings. The lowest BCUT2D eigenvalue weighted by atomic mass is 9.95. The third kappa shape index (κ3) is 4.05. The highest BCUT2D eigenvalue weighted by Gasteiger charge is 2.06. The van der Waals surface area contributed by atoms with Crippen LogP contribution in [-0.4, -0.2) is 13.6 Å². The third-order valence-electron chi connectivity index (χ3n) is 2.88. The van der Waals surface area contributed by atoms with Gasteiger partial charge in [-0.3, -0.25) is 0 Å². The summed E-state index contributed by atoms with van der Waals surface area (Å²) in [6, 6.07) is 6.86. The highest BCUT2D eigenvalue weighted by molar-refractivity contribution is 5.28. The van der Waals surface area contributed by atoms with Crippen molar-refractivity contribution in [3.63, 3.8) is 0 Å². The van der Waals surface area contributed by atoms with E-state index in [9.17, 15) is 0 Å². The van der Waals surface area contributed by atoms with Crippen LogP contribution in [0.2, 0.25) is 0 Å². The van der Waals surface area contributed by atoms with Crippen LogP contribution in [0.3, 0.4) is 0 Å². The Bertz CT molecular complexity index is 284. The van der Waals surface area contributed by atoms with E-state index in [1.165, 1.54) is 29.5 Å². The standard InChI is InChI=1S/C14H23N/c1-5-13(10-15-4)9-14-7-11(2)6-12(3)8-14/h6-8,13,15H,5,9-10H2,1-4H3. The molecule has 1 N–H and O–H groups in total. The molecule has 1 unspecified atom stereocenters. The zero-order valence-electron chi connectivity index (χ0n) is 10.4. The van der Waals surface area contributed by atoms with Gasteiger partial charge in [-0.1, -0.05) is 42.7 Å². The van der Waals surface area contributed by atoms with Crippen LogP contribution in [0, 0.1) is 19.8 Å². The molecule has 15 heavy (non-hydrogen) atoms. The Morgan fingerprint density at radius 1 is 1.13 bits per heavy atom. The van der Waals surface area contributed by atoms with Crippen molar-refractivity contribution in [2.75, 3.05) is 13.6 Å². The fourth-order valence-electron chi connectivity index (χ4n) is 2.17. The second-order valence-corrected chi connectivity index (χ2v) is 4.53. The van der Waals surface area contributed by atoms with Crippen LogP contribution >= 0.6 is 0 Å². The van der Waals surface area contributed by atoms with Crippen molar-refractivity contribution < 1.29 is 0 Å². The molecule has 0 radical (unpaired) electrons. The van der Waals surface area contributed by atoms with Gasteiger partial charge < -0.3 is 5.32 Å². The summed E-state index contributed by atoms with van der Waals surface area (Å²) in [7, 11) is 2.03. The number of benzene rings is 1. The maximum Gasteiger partial charge on any atom is -0.00204 e. The SMILES string of the molecule is CCC(CNC)Cc1cc(C)cc(C)c1. The molecule has 1 rings (SSSR count). The normalized spacial score (nSPS) is 12.8. The van der Waals surface area contributed by atoms with Gasteiger partial charge >= 0.3 is 0 Å². The van der Waals surface area contributed by atoms with E-state index in [0.717, 1.165) is 12.5 Å². The Balaban J connectivity index is 2.69. The van der Waals surface area contributed by atoms with Crippen molar-refractivity contribution in [3.8, 4) is 0 Å². The predicted octanol–water partition coefficient (Wildman–Crippen LogP) is 3.09. The number of hydrogen-bond donors (Lipinski definition) is 1. The van der Waals surface area contributed by atoms with Crippen LogP contribution in [0.25, 0.3) is 0 Å². The van der Waals surface area contributed by atoms with Gasteiger partial charge in [-0.15, -0.1) is 0 Å². The van der Waals surface area contributed by atoms with E-state index < -0.39 is 0 Å². The Hall–Kier alpha value is -0.820. The summed E-state index contributed by atoms with van der Waals surface area (Å²) >= 11 is 0. The van der Waals surface area contributed by atoms with Gasteiger partial charge in [0, 0.05) is 0 Å². The van der Waals surface area contributed by atoms with E-state index in [-0.39, 0.29) is 0 Å². The van der Waals surface area contributed by atoms with Crippen LogP contribution in [0.1, 0.15) is 30.0 Å². The number of aryl methyl sites for hydroxylation is 2. The van der Waals surface area contributed by atoms with Gasteiger partial charge in [0.2, 0.25) is 0 Å². The van der Waals surface area contributed by atoms with E-state index in [0.29, 0.717) is 0 Å². The molecular formula is C14H23N. The lowest BCUT2D eigenvalue weighted by molar-refractivity contribution is 0.481. The molecule has 1 aromatic rings. The first-order valence-corrected chi connectivity index (χ1v) is 5.87. The molecule has 1 atom stereocenters. The zero-order chi connectivity index (χ0) is 11.3. The van der Waals surface area contributed by atoms with Gasteiger partial charge in [0.15, 0.2) is 0 Å². The molecule has 0 aliphatic heterocycles. The van der Waals surface area contributed by atoms with Gasteiger partial charge in [0.25, 0.3) is 0 Å². The van der Waals surface area contributed by atoms with Crippen LogP contribution < -0.4 is 5.32 Å². The van der Waals surface area contributed by atoms with Gasteiger partial charge in [0.05, 0.1) is 0 Å². The van der Waals surface area contributed by atoms with Gasteiger partial charge in [0.1, 0.15) is 0 Å². The lowest BCUT2D eigenvalue weighted by Crippen LogP contribution is -2.20. The van der Waals surface area contributed by atoms with Crippen molar-refractivity contribution in [2.45, 2.75) is 33.6 Å². The number of rotatable bonds is 5. The quantitative estimate of drug-likeness (QED) is 0.779. The highest BCUT2D eigenvalue weighted by atomic mass is 14.8. The first kappa shape index (κ1) is 12.3. The summed E-state index contributed by atoms with van der Waals surface area (Å²) in [5.74, 6) is 0.760. The molecule has 0 heterocycles. The molecule has 0 aromatic heterocycles. The lowest BCUT2D eigenvalue weighted by Gasteiger charge is -2.15. The van der Waals surface area contributed by atoms with Crippen LogP contribution in [0.15, 0.2) is 18.2 Å². The van der Waals surface area contributed by atoms with Crippen molar-refractivity contribution in [1.82, 2.24) is 5.32 Å². The number of hydrogen-bond acceptors (Lipinski definition) is 1. The Labute approximate surface area is 93.9 Å². The molecule has 84 valence electrons. The Morgan fingerprint density at radius 3 is 2.20 bits per heavy atom. The van der Waals surface area contributed by atoms with Crippen molar-refractivity contribution in [2.24, 2.45) is 5.92 Å². The first-order valence-electron chi connectivity index (χ1n) is 5.87. The summed E-state index contributed by atoms with van der Waals surface area (Å²) in [5.41, 5.74) is 4.24. The molecule has 0 bridgehead atoms. The summed E-state index contributed by atoms with van der Waals surface area (Å²) in [6.07, 6.45) is 2.44. The van der Waals surface area contributed by atoms with E-state index in [1.807, 2.05) is 7.05 Å². The monoisotopic (exact) mass is 205 g/mol. The fraction of sp³-hybridized carbons (Fsp3) is 0.571. The minimum atomic E-state index is 0.760. The Morgan fingerprint density at radius 2 is 1.73 bits per heavy atom. The molecule has 1 heteroatoms. The van der Waals surface area contributed by atoms with Gasteiger partial charge in [-0.25, -0.2) is 0 Å². The maximum atomic E-state index is 3.27. The summed E-state index contributed by atoms with van der Waals surface area (Å²) in [6.45, 7) is 7.74. The summed E-state index contributed by atoms with van der Waals surface area (Å²) in [4.78, 5) is 0. The van der Waals surface area contributed by atoms with Crippen molar-refractivity contribution in [1.29, 1.82) is 0 Å². The van der Waals surface area contributed by atoms with E-state index in [1.54, 1.807) is 0 Å². The molecule has 1 nitrogen and oxygen atoms in total. The second kappa shape index (κ2) is 5.92. The van der Waals surface area contributed by atoms with E-state index in [4.69, 9.17) is 0 Å². The first-order chi connectivity index (χ1) is 7.15. The Kier molecular flexibility index (Phi) is 4.83. The number of nitrogens with one attached hydrogen (secondary N) is 1.